The maximum absolute atomic E-state index is 5.59. The Hall–Kier alpha value is -5.49. The van der Waals surface area contributed by atoms with Crippen molar-refractivity contribution in [1.82, 2.24) is 15.0 Å². The molecular weight excluding hydrogens is 594 g/mol. The third-order valence-electron chi connectivity index (χ3n) is 9.00. The molecule has 6 heteroatoms. The number of aryl methyl sites for hydroxylation is 6. The minimum Gasteiger partial charge on any atom is -0.494 e. The molecule has 7 rings (SSSR count). The smallest absolute Gasteiger partial charge is 0.145 e. The number of methoxy groups -OCH3 is 3. The molecule has 0 spiro atoms. The summed E-state index contributed by atoms with van der Waals surface area (Å²) in [5.41, 5.74) is 9.83. The fourth-order valence-corrected chi connectivity index (χ4v) is 6.48. The van der Waals surface area contributed by atoms with E-state index in [0.717, 1.165) is 106 Å². The zero-order valence-electron chi connectivity index (χ0n) is 27.7. The normalized spacial score (nSPS) is 11.3. The lowest BCUT2D eigenvalue weighted by Gasteiger charge is -2.12. The Morgan fingerprint density at radius 2 is 0.688 bits per heavy atom. The van der Waals surface area contributed by atoms with Crippen LogP contribution in [0.5, 0.6) is 17.2 Å². The number of fused-ring (bicyclic) bond motifs is 3. The number of nitrogens with zero attached hydrogens (tertiary/aromatic N) is 3. The van der Waals surface area contributed by atoms with E-state index in [1.165, 1.54) is 16.7 Å². The van der Waals surface area contributed by atoms with Crippen molar-refractivity contribution in [2.45, 2.75) is 38.5 Å². The minimum absolute atomic E-state index is 0.804. The molecule has 0 aliphatic carbocycles. The molecule has 48 heavy (non-hydrogen) atoms. The van der Waals surface area contributed by atoms with Crippen LogP contribution in [-0.4, -0.2) is 36.3 Å². The first-order chi connectivity index (χ1) is 23.6. The van der Waals surface area contributed by atoms with Gasteiger partial charge in [0.2, 0.25) is 0 Å². The second kappa shape index (κ2) is 14.1. The molecule has 0 N–H and O–H groups in total. The minimum atomic E-state index is 0.804. The highest BCUT2D eigenvalue weighted by atomic mass is 16.5. The highest BCUT2D eigenvalue weighted by Gasteiger charge is 2.10. The van der Waals surface area contributed by atoms with E-state index < -0.39 is 0 Å². The Morgan fingerprint density at radius 1 is 0.375 bits per heavy atom. The van der Waals surface area contributed by atoms with E-state index in [2.05, 4.69) is 72.8 Å². The Balaban J connectivity index is 1.14. The molecule has 0 radical (unpaired) electrons. The molecule has 6 nitrogen and oxygen atoms in total. The summed E-state index contributed by atoms with van der Waals surface area (Å²) >= 11 is 0. The number of aromatic nitrogens is 3. The average molecular weight is 634 g/mol. The lowest BCUT2D eigenvalue weighted by atomic mass is 9.96. The lowest BCUT2D eigenvalue weighted by Crippen LogP contribution is -2.02. The molecule has 0 saturated heterocycles. The molecule has 4 aromatic carbocycles. The average Bonchev–Trinajstić information content (AvgIpc) is 3.14. The predicted octanol–water partition coefficient (Wildman–Crippen LogP) is 8.71. The van der Waals surface area contributed by atoms with Gasteiger partial charge < -0.3 is 14.2 Å². The van der Waals surface area contributed by atoms with Crippen LogP contribution in [0.15, 0.2) is 109 Å². The first kappa shape index (κ1) is 31.1. The van der Waals surface area contributed by atoms with Gasteiger partial charge in [-0.25, -0.2) is 15.0 Å². The highest BCUT2D eigenvalue weighted by molar-refractivity contribution is 5.86. The van der Waals surface area contributed by atoms with E-state index in [1.54, 1.807) is 21.3 Å². The maximum atomic E-state index is 5.59. The van der Waals surface area contributed by atoms with Crippen LogP contribution < -0.4 is 14.2 Å². The number of rotatable bonds is 12. The number of para-hydroxylation sites is 3. The van der Waals surface area contributed by atoms with Gasteiger partial charge in [0.25, 0.3) is 0 Å². The van der Waals surface area contributed by atoms with Gasteiger partial charge in [-0.1, -0.05) is 72.8 Å². The predicted molar refractivity (Wildman–Crippen MR) is 194 cm³/mol. The van der Waals surface area contributed by atoms with Crippen molar-refractivity contribution in [3.05, 3.63) is 143 Å². The molecule has 0 fully saturated rings. The van der Waals surface area contributed by atoms with E-state index >= 15 is 0 Å². The van der Waals surface area contributed by atoms with Gasteiger partial charge in [0.1, 0.15) is 33.8 Å². The highest BCUT2D eigenvalue weighted by Crippen LogP contribution is 2.27. The van der Waals surface area contributed by atoms with Crippen molar-refractivity contribution >= 4 is 32.7 Å². The summed E-state index contributed by atoms with van der Waals surface area (Å²) < 4.78 is 16.8. The van der Waals surface area contributed by atoms with E-state index in [0.29, 0.717) is 0 Å². The second-order valence-corrected chi connectivity index (χ2v) is 12.2. The zero-order chi connectivity index (χ0) is 32.9. The fraction of sp³-hybridized carbons (Fsp3) is 0.214. The van der Waals surface area contributed by atoms with Crippen LogP contribution in [0.3, 0.4) is 0 Å². The van der Waals surface area contributed by atoms with Gasteiger partial charge in [0, 0.05) is 33.2 Å². The fourth-order valence-electron chi connectivity index (χ4n) is 6.48. The summed E-state index contributed by atoms with van der Waals surface area (Å²) in [7, 11) is 5.10. The lowest BCUT2D eigenvalue weighted by molar-refractivity contribution is 0.418. The Labute approximate surface area is 281 Å². The number of hydrogen-bond donors (Lipinski definition) is 0. The van der Waals surface area contributed by atoms with Crippen molar-refractivity contribution in [3.8, 4) is 17.2 Å². The molecule has 0 bridgehead atoms. The van der Waals surface area contributed by atoms with Gasteiger partial charge in [-0.3, -0.25) is 0 Å². The summed E-state index contributed by atoms with van der Waals surface area (Å²) in [6, 6.07) is 38.0. The van der Waals surface area contributed by atoms with Gasteiger partial charge >= 0.3 is 0 Å². The summed E-state index contributed by atoms with van der Waals surface area (Å²) in [5.74, 6) is 2.41. The standard InChI is InChI=1S/C42H39N3O3/c1-46-37-10-4-7-31-16-22-34(43-40(31)37)19-13-28-25-29(14-20-35-23-17-32-8-5-11-38(47-2)41(32)44-35)27-30(26-28)15-21-36-24-18-33-9-6-12-39(48-3)42(33)45-36/h4-12,16-18,22-27H,13-15,19-21H2,1-3H3. The van der Waals surface area contributed by atoms with Crippen LogP contribution in [0.2, 0.25) is 0 Å². The van der Waals surface area contributed by atoms with Crippen LogP contribution in [0.1, 0.15) is 33.8 Å². The number of pyridine rings is 3. The first-order valence-electron chi connectivity index (χ1n) is 16.5. The van der Waals surface area contributed by atoms with Gasteiger partial charge in [-0.15, -0.1) is 0 Å². The quantitative estimate of drug-likeness (QED) is 0.134. The number of hydrogen-bond acceptors (Lipinski definition) is 6. The van der Waals surface area contributed by atoms with Gasteiger partial charge in [-0.05, 0) is 91.6 Å². The number of benzene rings is 4. The van der Waals surface area contributed by atoms with E-state index in [1.807, 2.05) is 36.4 Å². The maximum Gasteiger partial charge on any atom is 0.145 e. The molecule has 7 aromatic rings. The topological polar surface area (TPSA) is 66.4 Å². The van der Waals surface area contributed by atoms with Crippen LogP contribution in [-0.2, 0) is 38.5 Å². The molecule has 0 saturated carbocycles. The molecule has 0 unspecified atom stereocenters. The Morgan fingerprint density at radius 3 is 0.979 bits per heavy atom. The van der Waals surface area contributed by atoms with Crippen molar-refractivity contribution in [3.63, 3.8) is 0 Å². The van der Waals surface area contributed by atoms with Crippen molar-refractivity contribution < 1.29 is 14.2 Å². The largest absolute Gasteiger partial charge is 0.494 e. The van der Waals surface area contributed by atoms with Crippen LogP contribution in [0, 0.1) is 0 Å². The van der Waals surface area contributed by atoms with Crippen LogP contribution in [0.25, 0.3) is 32.7 Å². The van der Waals surface area contributed by atoms with Gasteiger partial charge in [0.15, 0.2) is 0 Å². The van der Waals surface area contributed by atoms with Crippen LogP contribution >= 0.6 is 0 Å². The van der Waals surface area contributed by atoms with Crippen LogP contribution in [0.4, 0.5) is 0 Å². The zero-order valence-corrected chi connectivity index (χ0v) is 27.7. The summed E-state index contributed by atoms with van der Waals surface area (Å²) in [5, 5.41) is 3.26. The van der Waals surface area contributed by atoms with E-state index in [-0.39, 0.29) is 0 Å². The van der Waals surface area contributed by atoms with Gasteiger partial charge in [-0.2, -0.15) is 0 Å². The second-order valence-electron chi connectivity index (χ2n) is 12.2. The molecule has 0 aliphatic heterocycles. The molecule has 3 aromatic heterocycles. The van der Waals surface area contributed by atoms with E-state index in [4.69, 9.17) is 29.2 Å². The molecule has 0 atom stereocenters. The molecule has 0 aliphatic rings. The molecule has 3 heterocycles. The van der Waals surface area contributed by atoms with Crippen molar-refractivity contribution in [2.24, 2.45) is 0 Å². The SMILES string of the molecule is COc1cccc2ccc(CCc3cc(CCc4ccc5cccc(OC)c5n4)cc(CCc4ccc5cccc(OC)c5n4)c3)nc12. The molecule has 240 valence electrons. The van der Waals surface area contributed by atoms with Crippen molar-refractivity contribution in [2.75, 3.05) is 21.3 Å². The molecule has 0 amide bonds. The molecular formula is C42H39N3O3. The summed E-state index contributed by atoms with van der Waals surface area (Å²) in [6.07, 6.45) is 5.21. The van der Waals surface area contributed by atoms with Gasteiger partial charge in [0.05, 0.1) is 21.3 Å². The number of ether oxygens (including phenoxy) is 3. The Bertz CT molecular complexity index is 1970. The summed E-state index contributed by atoms with van der Waals surface area (Å²) in [4.78, 5) is 14.9. The van der Waals surface area contributed by atoms with Crippen molar-refractivity contribution in [1.29, 1.82) is 0 Å². The van der Waals surface area contributed by atoms with E-state index in [9.17, 15) is 0 Å². The Kier molecular flexibility index (Phi) is 9.14. The first-order valence-corrected chi connectivity index (χ1v) is 16.5. The summed E-state index contributed by atoms with van der Waals surface area (Å²) in [6.45, 7) is 0. The third kappa shape index (κ3) is 6.79. The monoisotopic (exact) mass is 633 g/mol. The third-order valence-corrected chi connectivity index (χ3v) is 9.00.